The van der Waals surface area contributed by atoms with E-state index in [-0.39, 0.29) is 0 Å². The summed E-state index contributed by atoms with van der Waals surface area (Å²) < 4.78 is 0. The second kappa shape index (κ2) is 2.25. The third-order valence-corrected chi connectivity index (χ3v) is 1.80. The van der Waals surface area contributed by atoms with E-state index in [1.807, 2.05) is 6.21 Å². The molecule has 0 aromatic rings. The van der Waals surface area contributed by atoms with E-state index in [0.29, 0.717) is 0 Å². The smallest absolute Gasteiger partial charge is 0.0643 e. The molecule has 0 fully saturated rings. The summed E-state index contributed by atoms with van der Waals surface area (Å²) in [6.45, 7) is 0.882. The standard InChI is InChI=1S/C9H9N/c1-2-4-8-6-10-7-9(8)5-3-1/h1-4,7H,5-6H2. The molecule has 0 N–H and O–H groups in total. The number of hydrogen-bond donors (Lipinski definition) is 0. The molecule has 0 saturated carbocycles. The van der Waals surface area contributed by atoms with Crippen LogP contribution >= 0.6 is 0 Å². The molecule has 0 spiro atoms. The van der Waals surface area contributed by atoms with Gasteiger partial charge in [0.15, 0.2) is 0 Å². The number of nitrogens with zero attached hydrogens (tertiary/aromatic N) is 1. The minimum absolute atomic E-state index is 0.882. The Balaban J connectivity index is 2.36. The van der Waals surface area contributed by atoms with E-state index < -0.39 is 0 Å². The molecule has 1 heterocycles. The molecule has 0 aromatic heterocycles. The summed E-state index contributed by atoms with van der Waals surface area (Å²) in [6.07, 6.45) is 11.5. The van der Waals surface area contributed by atoms with Gasteiger partial charge in [0.2, 0.25) is 0 Å². The lowest BCUT2D eigenvalue weighted by Gasteiger charge is -1.92. The van der Waals surface area contributed by atoms with Gasteiger partial charge in [-0.2, -0.15) is 0 Å². The molecule has 1 heteroatoms. The molecule has 0 amide bonds. The number of hydrogen-bond acceptors (Lipinski definition) is 1. The van der Waals surface area contributed by atoms with Crippen LogP contribution in [0.4, 0.5) is 0 Å². The van der Waals surface area contributed by atoms with E-state index in [0.717, 1.165) is 13.0 Å². The highest BCUT2D eigenvalue weighted by atomic mass is 14.7. The van der Waals surface area contributed by atoms with Crippen molar-refractivity contribution < 1.29 is 0 Å². The van der Waals surface area contributed by atoms with Crippen LogP contribution in [0.1, 0.15) is 6.42 Å². The molecule has 0 bridgehead atoms. The average molecular weight is 131 g/mol. The topological polar surface area (TPSA) is 12.4 Å². The molecule has 1 aliphatic carbocycles. The zero-order valence-corrected chi connectivity index (χ0v) is 5.75. The van der Waals surface area contributed by atoms with Crippen molar-refractivity contribution in [3.05, 3.63) is 35.5 Å². The quantitative estimate of drug-likeness (QED) is 0.476. The molecule has 0 radical (unpaired) electrons. The van der Waals surface area contributed by atoms with E-state index in [2.05, 4.69) is 29.3 Å². The molecule has 0 saturated heterocycles. The molecule has 1 aliphatic heterocycles. The van der Waals surface area contributed by atoms with Crippen LogP contribution in [0.2, 0.25) is 0 Å². The summed E-state index contributed by atoms with van der Waals surface area (Å²) in [7, 11) is 0. The van der Waals surface area contributed by atoms with Crippen LogP contribution < -0.4 is 0 Å². The molecule has 50 valence electrons. The molecule has 0 aromatic carbocycles. The number of aliphatic imine (C=N–C) groups is 1. The van der Waals surface area contributed by atoms with Gasteiger partial charge in [0.1, 0.15) is 0 Å². The Bertz CT molecular complexity index is 254. The van der Waals surface area contributed by atoms with Crippen molar-refractivity contribution in [3.63, 3.8) is 0 Å². The first kappa shape index (κ1) is 5.66. The van der Waals surface area contributed by atoms with Gasteiger partial charge < -0.3 is 0 Å². The molecule has 2 aliphatic rings. The van der Waals surface area contributed by atoms with E-state index in [1.165, 1.54) is 11.1 Å². The Morgan fingerprint density at radius 1 is 1.20 bits per heavy atom. The van der Waals surface area contributed by atoms with Crippen molar-refractivity contribution >= 4 is 6.21 Å². The zero-order valence-electron chi connectivity index (χ0n) is 5.75. The fourth-order valence-electron chi connectivity index (χ4n) is 1.23. The van der Waals surface area contributed by atoms with Gasteiger partial charge in [-0.05, 0) is 17.6 Å². The normalized spacial score (nSPS) is 21.6. The van der Waals surface area contributed by atoms with Crippen molar-refractivity contribution in [1.82, 2.24) is 0 Å². The monoisotopic (exact) mass is 131 g/mol. The first-order chi connectivity index (χ1) is 4.97. The van der Waals surface area contributed by atoms with Gasteiger partial charge in [0.25, 0.3) is 0 Å². The Labute approximate surface area is 60.5 Å². The molecular formula is C9H9N. The summed E-state index contributed by atoms with van der Waals surface area (Å²) in [4.78, 5) is 4.19. The lowest BCUT2D eigenvalue weighted by Crippen LogP contribution is -1.83. The molecule has 0 atom stereocenters. The Morgan fingerprint density at radius 2 is 2.20 bits per heavy atom. The second-order valence-electron chi connectivity index (χ2n) is 2.51. The third-order valence-electron chi connectivity index (χ3n) is 1.80. The lowest BCUT2D eigenvalue weighted by molar-refractivity contribution is 1.21. The lowest BCUT2D eigenvalue weighted by atomic mass is 10.1. The summed E-state index contributed by atoms with van der Waals surface area (Å²) in [5.41, 5.74) is 2.76. The summed E-state index contributed by atoms with van der Waals surface area (Å²) in [5.74, 6) is 0. The Kier molecular flexibility index (Phi) is 1.28. The largest absolute Gasteiger partial charge is 0.288 e. The maximum Gasteiger partial charge on any atom is 0.0643 e. The predicted octanol–water partition coefficient (Wildman–Crippen LogP) is 1.88. The van der Waals surface area contributed by atoms with Gasteiger partial charge in [0.05, 0.1) is 6.54 Å². The van der Waals surface area contributed by atoms with Gasteiger partial charge in [-0.1, -0.05) is 24.3 Å². The van der Waals surface area contributed by atoms with Crippen LogP contribution in [0.15, 0.2) is 40.4 Å². The zero-order chi connectivity index (χ0) is 6.81. The van der Waals surface area contributed by atoms with E-state index in [9.17, 15) is 0 Å². The Morgan fingerprint density at radius 3 is 3.20 bits per heavy atom. The SMILES string of the molecule is C1=CCC2=C(C=C1)CN=C2. The van der Waals surface area contributed by atoms with Crippen molar-refractivity contribution in [2.24, 2.45) is 4.99 Å². The van der Waals surface area contributed by atoms with Crippen LogP contribution in [0.5, 0.6) is 0 Å². The highest BCUT2D eigenvalue weighted by Crippen LogP contribution is 2.17. The molecule has 0 unspecified atom stereocenters. The molecule has 1 nitrogen and oxygen atoms in total. The van der Waals surface area contributed by atoms with E-state index >= 15 is 0 Å². The van der Waals surface area contributed by atoms with Crippen molar-refractivity contribution in [3.8, 4) is 0 Å². The third kappa shape index (κ3) is 0.838. The van der Waals surface area contributed by atoms with Crippen LogP contribution in [0.25, 0.3) is 0 Å². The fourth-order valence-corrected chi connectivity index (χ4v) is 1.23. The van der Waals surface area contributed by atoms with Gasteiger partial charge >= 0.3 is 0 Å². The van der Waals surface area contributed by atoms with E-state index in [4.69, 9.17) is 0 Å². The minimum atomic E-state index is 0.882. The Hall–Kier alpha value is -1.11. The van der Waals surface area contributed by atoms with Gasteiger partial charge in [-0.25, -0.2) is 0 Å². The number of allylic oxidation sites excluding steroid dienone is 4. The van der Waals surface area contributed by atoms with Crippen molar-refractivity contribution in [1.29, 1.82) is 0 Å². The van der Waals surface area contributed by atoms with Gasteiger partial charge in [0, 0.05) is 6.21 Å². The van der Waals surface area contributed by atoms with Crippen LogP contribution in [0.3, 0.4) is 0 Å². The maximum absolute atomic E-state index is 4.19. The first-order valence-corrected chi connectivity index (χ1v) is 3.52. The molecule has 10 heavy (non-hydrogen) atoms. The summed E-state index contributed by atoms with van der Waals surface area (Å²) in [6, 6.07) is 0. The highest BCUT2D eigenvalue weighted by molar-refractivity contribution is 5.84. The predicted molar refractivity (Wildman–Crippen MR) is 43.3 cm³/mol. The summed E-state index contributed by atoms with van der Waals surface area (Å²) >= 11 is 0. The number of rotatable bonds is 0. The van der Waals surface area contributed by atoms with Gasteiger partial charge in [-0.3, -0.25) is 4.99 Å². The maximum atomic E-state index is 4.19. The van der Waals surface area contributed by atoms with Gasteiger partial charge in [-0.15, -0.1) is 0 Å². The fraction of sp³-hybridized carbons (Fsp3) is 0.222. The first-order valence-electron chi connectivity index (χ1n) is 3.52. The second-order valence-corrected chi connectivity index (χ2v) is 2.51. The molecule has 2 rings (SSSR count). The minimum Gasteiger partial charge on any atom is -0.288 e. The van der Waals surface area contributed by atoms with Crippen molar-refractivity contribution in [2.75, 3.05) is 6.54 Å². The summed E-state index contributed by atoms with van der Waals surface area (Å²) in [5, 5.41) is 0. The van der Waals surface area contributed by atoms with Crippen LogP contribution in [0, 0.1) is 0 Å². The van der Waals surface area contributed by atoms with Crippen molar-refractivity contribution in [2.45, 2.75) is 6.42 Å². The highest BCUT2D eigenvalue weighted by Gasteiger charge is 2.06. The van der Waals surface area contributed by atoms with Crippen LogP contribution in [-0.4, -0.2) is 12.8 Å². The average Bonchev–Trinajstić information content (AvgIpc) is 2.28. The van der Waals surface area contributed by atoms with E-state index in [1.54, 1.807) is 0 Å². The van der Waals surface area contributed by atoms with Crippen LogP contribution in [-0.2, 0) is 0 Å². The molecular weight excluding hydrogens is 122 g/mol.